The van der Waals surface area contributed by atoms with Crippen LogP contribution in [0.25, 0.3) is 0 Å². The van der Waals surface area contributed by atoms with E-state index < -0.39 is 0 Å². The van der Waals surface area contributed by atoms with E-state index >= 15 is 0 Å². The molecule has 0 unspecified atom stereocenters. The molecule has 2 rings (SSSR count). The normalized spacial score (nSPS) is 11.3. The second-order valence-electron chi connectivity index (χ2n) is 5.19. The van der Waals surface area contributed by atoms with Crippen LogP contribution in [0.2, 0.25) is 5.02 Å². The number of nitrogens with zero attached hydrogens (tertiary/aromatic N) is 1. The van der Waals surface area contributed by atoms with Crippen molar-refractivity contribution in [3.63, 3.8) is 0 Å². The van der Waals surface area contributed by atoms with Crippen LogP contribution in [0.3, 0.4) is 0 Å². The third kappa shape index (κ3) is 4.39. The summed E-state index contributed by atoms with van der Waals surface area (Å²) in [7, 11) is 3.25. The van der Waals surface area contributed by atoms with Crippen molar-refractivity contribution in [1.82, 2.24) is 5.43 Å². The standard InChI is InChI=1S/C18H21ClN2O2/c1-12-9-15(6-7-16(12)19)13(2)21-20-11-14-5-8-17(22-3)18(10-14)23-4/h5-10,20H,11H2,1-4H3/b21-13+. The van der Waals surface area contributed by atoms with Gasteiger partial charge in [-0.3, -0.25) is 0 Å². The molecule has 2 aromatic carbocycles. The average Bonchev–Trinajstić information content (AvgIpc) is 2.57. The van der Waals surface area contributed by atoms with Crippen LogP contribution in [0, 0.1) is 6.92 Å². The number of benzene rings is 2. The Morgan fingerprint density at radius 2 is 1.83 bits per heavy atom. The minimum atomic E-state index is 0.601. The molecule has 4 nitrogen and oxygen atoms in total. The van der Waals surface area contributed by atoms with E-state index in [4.69, 9.17) is 21.1 Å². The van der Waals surface area contributed by atoms with Crippen LogP contribution in [0.4, 0.5) is 0 Å². The van der Waals surface area contributed by atoms with Crippen molar-refractivity contribution in [3.8, 4) is 11.5 Å². The zero-order valence-corrected chi connectivity index (χ0v) is 14.6. The lowest BCUT2D eigenvalue weighted by molar-refractivity contribution is 0.354. The largest absolute Gasteiger partial charge is 0.493 e. The lowest BCUT2D eigenvalue weighted by Crippen LogP contribution is -2.09. The molecule has 0 atom stereocenters. The van der Waals surface area contributed by atoms with E-state index in [0.29, 0.717) is 18.0 Å². The fraction of sp³-hybridized carbons (Fsp3) is 0.278. The van der Waals surface area contributed by atoms with Crippen molar-refractivity contribution in [2.75, 3.05) is 14.2 Å². The number of ether oxygens (including phenoxy) is 2. The Labute approximate surface area is 142 Å². The van der Waals surface area contributed by atoms with E-state index in [9.17, 15) is 0 Å². The summed E-state index contributed by atoms with van der Waals surface area (Å²) >= 11 is 6.05. The van der Waals surface area contributed by atoms with Gasteiger partial charge in [-0.25, -0.2) is 0 Å². The van der Waals surface area contributed by atoms with Crippen molar-refractivity contribution in [2.24, 2.45) is 5.10 Å². The van der Waals surface area contributed by atoms with Gasteiger partial charge in [0.25, 0.3) is 0 Å². The molecule has 2 aromatic rings. The van der Waals surface area contributed by atoms with Gasteiger partial charge in [0, 0.05) is 5.02 Å². The summed E-state index contributed by atoms with van der Waals surface area (Å²) in [6.45, 7) is 4.55. The first-order valence-electron chi connectivity index (χ1n) is 7.29. The Morgan fingerprint density at radius 3 is 2.48 bits per heavy atom. The zero-order valence-electron chi connectivity index (χ0n) is 13.8. The fourth-order valence-corrected chi connectivity index (χ4v) is 2.29. The summed E-state index contributed by atoms with van der Waals surface area (Å²) in [5, 5.41) is 5.17. The Hall–Kier alpha value is -2.20. The highest BCUT2D eigenvalue weighted by atomic mass is 35.5. The van der Waals surface area contributed by atoms with Crippen LogP contribution < -0.4 is 14.9 Å². The van der Waals surface area contributed by atoms with E-state index in [1.54, 1.807) is 14.2 Å². The molecule has 0 bridgehead atoms. The van der Waals surface area contributed by atoms with Crippen LogP contribution >= 0.6 is 11.6 Å². The summed E-state index contributed by atoms with van der Waals surface area (Å²) in [5.41, 5.74) is 7.14. The van der Waals surface area contributed by atoms with Crippen LogP contribution in [0.1, 0.15) is 23.6 Å². The quantitative estimate of drug-likeness (QED) is 0.637. The molecule has 0 aliphatic rings. The Morgan fingerprint density at radius 1 is 1.09 bits per heavy atom. The summed E-state index contributed by atoms with van der Waals surface area (Å²) in [5.74, 6) is 1.42. The third-order valence-corrected chi connectivity index (χ3v) is 3.98. The Balaban J connectivity index is 2.04. The lowest BCUT2D eigenvalue weighted by Gasteiger charge is -2.10. The topological polar surface area (TPSA) is 42.8 Å². The van der Waals surface area contributed by atoms with Crippen LogP contribution in [0.5, 0.6) is 11.5 Å². The first kappa shape index (κ1) is 17.2. The molecule has 0 fully saturated rings. The highest BCUT2D eigenvalue weighted by Gasteiger charge is 2.04. The molecule has 23 heavy (non-hydrogen) atoms. The van der Waals surface area contributed by atoms with Gasteiger partial charge in [-0.1, -0.05) is 23.7 Å². The Bertz CT molecular complexity index is 714. The number of aryl methyl sites for hydroxylation is 1. The number of halogens is 1. The van der Waals surface area contributed by atoms with Gasteiger partial charge in [-0.05, 0) is 54.8 Å². The first-order valence-corrected chi connectivity index (χ1v) is 7.67. The Kier molecular flexibility index (Phi) is 5.88. The first-order chi connectivity index (χ1) is 11.0. The van der Waals surface area contributed by atoms with E-state index in [0.717, 1.165) is 27.4 Å². The summed E-state index contributed by atoms with van der Waals surface area (Å²) in [6.07, 6.45) is 0. The van der Waals surface area contributed by atoms with Crippen LogP contribution in [-0.4, -0.2) is 19.9 Å². The predicted octanol–water partition coefficient (Wildman–Crippen LogP) is 4.18. The fourth-order valence-electron chi connectivity index (χ4n) is 2.17. The molecule has 0 radical (unpaired) electrons. The molecular formula is C18H21ClN2O2. The maximum Gasteiger partial charge on any atom is 0.161 e. The summed E-state index contributed by atoms with van der Waals surface area (Å²) in [6, 6.07) is 11.7. The van der Waals surface area contributed by atoms with Crippen molar-refractivity contribution in [1.29, 1.82) is 0 Å². The smallest absolute Gasteiger partial charge is 0.161 e. The number of nitrogens with one attached hydrogen (secondary N) is 1. The number of rotatable bonds is 6. The molecule has 5 heteroatoms. The van der Waals surface area contributed by atoms with Crippen molar-refractivity contribution < 1.29 is 9.47 Å². The summed E-state index contributed by atoms with van der Waals surface area (Å²) in [4.78, 5) is 0. The second kappa shape index (κ2) is 7.88. The van der Waals surface area contributed by atoms with Gasteiger partial charge in [0.2, 0.25) is 0 Å². The molecular weight excluding hydrogens is 312 g/mol. The van der Waals surface area contributed by atoms with E-state index in [2.05, 4.69) is 10.5 Å². The average molecular weight is 333 g/mol. The van der Waals surface area contributed by atoms with Gasteiger partial charge in [-0.2, -0.15) is 5.10 Å². The highest BCUT2D eigenvalue weighted by Crippen LogP contribution is 2.27. The molecule has 0 aliphatic heterocycles. The van der Waals surface area contributed by atoms with Gasteiger partial charge >= 0.3 is 0 Å². The minimum absolute atomic E-state index is 0.601. The van der Waals surface area contributed by atoms with Crippen molar-refractivity contribution >= 4 is 17.3 Å². The number of methoxy groups -OCH3 is 2. The molecule has 1 N–H and O–H groups in total. The molecule has 0 heterocycles. The van der Waals surface area contributed by atoms with Gasteiger partial charge in [0.15, 0.2) is 11.5 Å². The predicted molar refractivity (Wildman–Crippen MR) is 94.8 cm³/mol. The maximum absolute atomic E-state index is 6.05. The SMILES string of the molecule is COc1ccc(CN/N=C(\C)c2ccc(Cl)c(C)c2)cc1OC. The molecule has 0 aliphatic carbocycles. The van der Waals surface area contributed by atoms with Crippen LogP contribution in [-0.2, 0) is 6.54 Å². The number of hydrogen-bond acceptors (Lipinski definition) is 4. The molecule has 0 aromatic heterocycles. The monoisotopic (exact) mass is 332 g/mol. The summed E-state index contributed by atoms with van der Waals surface area (Å²) < 4.78 is 10.5. The van der Waals surface area contributed by atoms with E-state index in [1.165, 1.54) is 0 Å². The van der Waals surface area contributed by atoms with Gasteiger partial charge in [0.1, 0.15) is 0 Å². The second-order valence-corrected chi connectivity index (χ2v) is 5.59. The van der Waals surface area contributed by atoms with Crippen LogP contribution in [0.15, 0.2) is 41.5 Å². The zero-order chi connectivity index (χ0) is 16.8. The van der Waals surface area contributed by atoms with Crippen molar-refractivity contribution in [3.05, 3.63) is 58.1 Å². The minimum Gasteiger partial charge on any atom is -0.493 e. The maximum atomic E-state index is 6.05. The van der Waals surface area contributed by atoms with Gasteiger partial charge < -0.3 is 14.9 Å². The van der Waals surface area contributed by atoms with Gasteiger partial charge in [0.05, 0.1) is 26.5 Å². The van der Waals surface area contributed by atoms with E-state index in [-0.39, 0.29) is 0 Å². The molecule has 0 spiro atoms. The molecule has 0 saturated heterocycles. The van der Waals surface area contributed by atoms with E-state index in [1.807, 2.05) is 50.2 Å². The number of hydrazone groups is 1. The van der Waals surface area contributed by atoms with Crippen molar-refractivity contribution in [2.45, 2.75) is 20.4 Å². The van der Waals surface area contributed by atoms with Gasteiger partial charge in [-0.15, -0.1) is 0 Å². The lowest BCUT2D eigenvalue weighted by atomic mass is 10.1. The molecule has 122 valence electrons. The highest BCUT2D eigenvalue weighted by molar-refractivity contribution is 6.31. The third-order valence-electron chi connectivity index (χ3n) is 3.55. The molecule has 0 amide bonds. The number of hydrogen-bond donors (Lipinski definition) is 1. The molecule has 0 saturated carbocycles.